The van der Waals surface area contributed by atoms with Crippen LogP contribution < -0.4 is 0 Å². The minimum absolute atomic E-state index is 0.409. The molecule has 0 spiro atoms. The largest absolute Gasteiger partial charge is 0.373 e. The number of benzene rings is 1. The Morgan fingerprint density at radius 1 is 1.09 bits per heavy atom. The molecule has 1 aromatic carbocycles. The van der Waals surface area contributed by atoms with Gasteiger partial charge in [-0.25, -0.2) is 4.79 Å². The van der Waals surface area contributed by atoms with E-state index in [1.807, 2.05) is 24.3 Å². The molecule has 3 heteroatoms. The maximum Gasteiger partial charge on any atom is 0.373 e. The van der Waals surface area contributed by atoms with Crippen molar-refractivity contribution in [2.24, 2.45) is 5.92 Å². The van der Waals surface area contributed by atoms with Gasteiger partial charge >= 0.3 is 5.97 Å². The van der Waals surface area contributed by atoms with E-state index in [-0.39, 0.29) is 0 Å². The second-order valence-corrected chi connectivity index (χ2v) is 6.53. The Morgan fingerprint density at radius 2 is 1.78 bits per heavy atom. The second kappa shape index (κ2) is 9.71. The molecule has 0 amide bonds. The summed E-state index contributed by atoms with van der Waals surface area (Å²) in [6, 6.07) is 7.57. The van der Waals surface area contributed by atoms with Crippen LogP contribution in [0.5, 0.6) is 0 Å². The van der Waals surface area contributed by atoms with E-state index in [0.717, 1.165) is 50.5 Å². The van der Waals surface area contributed by atoms with Gasteiger partial charge in [0.2, 0.25) is 0 Å². The van der Waals surface area contributed by atoms with Crippen LogP contribution in [-0.4, -0.2) is 5.97 Å². The highest BCUT2D eigenvalue weighted by Crippen LogP contribution is 2.33. The van der Waals surface area contributed by atoms with Crippen LogP contribution in [0, 0.1) is 12.0 Å². The van der Waals surface area contributed by atoms with Crippen LogP contribution >= 0.6 is 0 Å². The van der Waals surface area contributed by atoms with Crippen LogP contribution in [0.1, 0.15) is 81.1 Å². The highest BCUT2D eigenvalue weighted by Gasteiger charge is 2.24. The number of carbonyl (C=O) groups is 1. The van der Waals surface area contributed by atoms with Crippen molar-refractivity contribution in [3.63, 3.8) is 0 Å². The first-order chi connectivity index (χ1) is 11.2. The zero-order chi connectivity index (χ0) is 16.5. The van der Waals surface area contributed by atoms with E-state index in [4.69, 9.17) is 9.78 Å². The number of hydrogen-bond acceptors (Lipinski definition) is 3. The maximum absolute atomic E-state index is 12.0. The molecule has 0 aromatic heterocycles. The molecule has 127 valence electrons. The molecule has 23 heavy (non-hydrogen) atoms. The van der Waals surface area contributed by atoms with Crippen molar-refractivity contribution in [3.8, 4) is 0 Å². The monoisotopic (exact) mass is 317 g/mol. The molecule has 0 saturated heterocycles. The smallest absolute Gasteiger partial charge is 0.292 e. The fraction of sp³-hybridized carbons (Fsp3) is 0.600. The predicted molar refractivity (Wildman–Crippen MR) is 91.7 cm³/mol. The summed E-state index contributed by atoms with van der Waals surface area (Å²) >= 11 is 0. The van der Waals surface area contributed by atoms with Crippen molar-refractivity contribution < 1.29 is 14.6 Å². The summed E-state index contributed by atoms with van der Waals surface area (Å²) in [7, 11) is 0. The third kappa shape index (κ3) is 5.98. The van der Waals surface area contributed by atoms with E-state index in [1.165, 1.54) is 24.8 Å². The summed E-state index contributed by atoms with van der Waals surface area (Å²) < 4.78 is 0. The Bertz CT molecular complexity index is 458. The Kier molecular flexibility index (Phi) is 7.60. The maximum atomic E-state index is 12.0. The van der Waals surface area contributed by atoms with Crippen molar-refractivity contribution in [3.05, 3.63) is 41.5 Å². The van der Waals surface area contributed by atoms with Gasteiger partial charge in [0.25, 0.3) is 0 Å². The van der Waals surface area contributed by atoms with Crippen molar-refractivity contribution in [2.75, 3.05) is 0 Å². The first-order valence-electron chi connectivity index (χ1n) is 9.05. The molecule has 3 nitrogen and oxygen atoms in total. The lowest BCUT2D eigenvalue weighted by atomic mass is 9.84. The van der Waals surface area contributed by atoms with E-state index in [0.29, 0.717) is 5.56 Å². The van der Waals surface area contributed by atoms with Gasteiger partial charge in [0.05, 0.1) is 5.56 Å². The normalized spacial score (nSPS) is 16.4. The van der Waals surface area contributed by atoms with E-state index < -0.39 is 5.97 Å². The lowest BCUT2D eigenvalue weighted by Crippen LogP contribution is -2.17. The molecule has 2 rings (SSSR count). The van der Waals surface area contributed by atoms with Crippen molar-refractivity contribution >= 4 is 5.97 Å². The topological polar surface area (TPSA) is 35.5 Å². The van der Waals surface area contributed by atoms with Crippen LogP contribution in [-0.2, 0) is 16.2 Å². The summed E-state index contributed by atoms with van der Waals surface area (Å²) in [4.78, 5) is 22.3. The van der Waals surface area contributed by atoms with Gasteiger partial charge in [0.15, 0.2) is 0 Å². The third-order valence-electron chi connectivity index (χ3n) is 4.59. The van der Waals surface area contributed by atoms with Gasteiger partial charge in [-0.3, -0.25) is 4.89 Å². The fourth-order valence-electron chi connectivity index (χ4n) is 3.11. The molecule has 1 fully saturated rings. The van der Waals surface area contributed by atoms with Crippen LogP contribution in [0.4, 0.5) is 0 Å². The predicted octanol–water partition coefficient (Wildman–Crippen LogP) is 5.64. The van der Waals surface area contributed by atoms with Crippen LogP contribution in [0.25, 0.3) is 0 Å². The molecule has 0 atom stereocenters. The Balaban J connectivity index is 1.70. The third-order valence-corrected chi connectivity index (χ3v) is 4.59. The molecule has 1 aliphatic carbocycles. The van der Waals surface area contributed by atoms with Crippen molar-refractivity contribution in [1.82, 2.24) is 0 Å². The van der Waals surface area contributed by atoms with Gasteiger partial charge in [-0.1, -0.05) is 51.7 Å². The standard InChI is InChI=1S/C20H29O3/c1-3-5-7-17-10-14-19(15-11-17)22-23-20(21)18-12-8-16(6-4-2)9-13-18/h8-9,12-13,17H,3-7,10-11,14-15H2,1-2H3. The lowest BCUT2D eigenvalue weighted by Gasteiger charge is -2.26. The first-order valence-corrected chi connectivity index (χ1v) is 9.05. The van der Waals surface area contributed by atoms with Gasteiger partial charge < -0.3 is 0 Å². The second-order valence-electron chi connectivity index (χ2n) is 6.53. The molecule has 0 N–H and O–H groups in total. The molecular weight excluding hydrogens is 288 g/mol. The highest BCUT2D eigenvalue weighted by atomic mass is 17.2. The zero-order valence-electron chi connectivity index (χ0n) is 14.5. The SMILES string of the molecule is CCCCC1CC[C](OOC(=O)c2ccc(CCC)cc2)CC1. The van der Waals surface area contributed by atoms with Crippen LogP contribution in [0.3, 0.4) is 0 Å². The molecule has 1 aromatic rings. The summed E-state index contributed by atoms with van der Waals surface area (Å²) in [5.41, 5.74) is 1.78. The minimum atomic E-state index is -0.409. The minimum Gasteiger partial charge on any atom is -0.292 e. The summed E-state index contributed by atoms with van der Waals surface area (Å²) in [6.45, 7) is 4.38. The molecule has 1 radical (unpaired) electrons. The summed E-state index contributed by atoms with van der Waals surface area (Å²) in [5, 5.41) is 0. The molecule has 1 saturated carbocycles. The summed E-state index contributed by atoms with van der Waals surface area (Å²) in [5.74, 6) is 0.401. The van der Waals surface area contributed by atoms with Gasteiger partial charge in [0, 0.05) is 0 Å². The molecule has 0 bridgehead atoms. The van der Waals surface area contributed by atoms with Gasteiger partial charge in [0.1, 0.15) is 6.10 Å². The van der Waals surface area contributed by atoms with Crippen molar-refractivity contribution in [2.45, 2.75) is 71.6 Å². The van der Waals surface area contributed by atoms with E-state index >= 15 is 0 Å². The number of hydrogen-bond donors (Lipinski definition) is 0. The molecule has 0 heterocycles. The van der Waals surface area contributed by atoms with Crippen LogP contribution in [0.2, 0.25) is 0 Å². The number of unbranched alkanes of at least 4 members (excludes halogenated alkanes) is 1. The van der Waals surface area contributed by atoms with Gasteiger partial charge in [-0.15, -0.1) is 0 Å². The fourth-order valence-corrected chi connectivity index (χ4v) is 3.11. The van der Waals surface area contributed by atoms with Gasteiger partial charge in [-0.05, 0) is 55.7 Å². The van der Waals surface area contributed by atoms with E-state index in [2.05, 4.69) is 13.8 Å². The zero-order valence-corrected chi connectivity index (χ0v) is 14.5. The average molecular weight is 317 g/mol. The summed E-state index contributed by atoms with van der Waals surface area (Å²) in [6.07, 6.45) is 11.1. The number of aryl methyl sites for hydroxylation is 1. The first kappa shape index (κ1) is 18.0. The Morgan fingerprint density at radius 3 is 2.39 bits per heavy atom. The van der Waals surface area contributed by atoms with E-state index in [1.54, 1.807) is 0 Å². The molecule has 0 aliphatic heterocycles. The average Bonchev–Trinajstić information content (AvgIpc) is 2.59. The Labute approximate surface area is 140 Å². The lowest BCUT2D eigenvalue weighted by molar-refractivity contribution is -0.240. The quantitative estimate of drug-likeness (QED) is 0.460. The van der Waals surface area contributed by atoms with E-state index in [9.17, 15) is 4.79 Å². The Hall–Kier alpha value is -1.35. The van der Waals surface area contributed by atoms with Crippen molar-refractivity contribution in [1.29, 1.82) is 0 Å². The number of rotatable bonds is 8. The molecule has 1 aliphatic rings. The molecule has 0 unspecified atom stereocenters. The number of carbonyl (C=O) groups excluding carboxylic acids is 1. The van der Waals surface area contributed by atoms with Crippen LogP contribution in [0.15, 0.2) is 24.3 Å². The van der Waals surface area contributed by atoms with Gasteiger partial charge in [-0.2, -0.15) is 4.89 Å². The molecular formula is C20H29O3. The highest BCUT2D eigenvalue weighted by molar-refractivity contribution is 5.88.